The van der Waals surface area contributed by atoms with Crippen molar-refractivity contribution in [1.82, 2.24) is 15.2 Å². The summed E-state index contributed by atoms with van der Waals surface area (Å²) < 4.78 is 12.3. The molecule has 0 atom stereocenters. The van der Waals surface area contributed by atoms with Crippen molar-refractivity contribution < 1.29 is 18.6 Å². The minimum absolute atomic E-state index is 0.0495. The lowest BCUT2D eigenvalue weighted by molar-refractivity contribution is -0.390. The van der Waals surface area contributed by atoms with E-state index >= 15 is 0 Å². The number of carbonyl (C=O) groups excluding carboxylic acids is 1. The van der Waals surface area contributed by atoms with Crippen molar-refractivity contribution in [2.24, 2.45) is 5.10 Å². The Morgan fingerprint density at radius 2 is 2.23 bits per heavy atom. The number of nitrogens with zero attached hydrogens (tertiary/aromatic N) is 4. The summed E-state index contributed by atoms with van der Waals surface area (Å²) in [6, 6.07) is 6.55. The molecule has 0 fully saturated rings. The Balaban J connectivity index is 1.62. The highest BCUT2D eigenvalue weighted by Crippen LogP contribution is 2.22. The zero-order valence-corrected chi connectivity index (χ0v) is 15.0. The Kier molecular flexibility index (Phi) is 4.98. The number of rotatable bonds is 6. The summed E-state index contributed by atoms with van der Waals surface area (Å²) in [5.74, 6) is 0.868. The van der Waals surface area contributed by atoms with Crippen LogP contribution in [-0.2, 0) is 6.54 Å². The molecule has 0 spiro atoms. The lowest BCUT2D eigenvalue weighted by Gasteiger charge is -1.96. The molecule has 3 aromatic heterocycles. The summed E-state index contributed by atoms with van der Waals surface area (Å²) in [6.07, 6.45) is 2.82. The smallest absolute Gasteiger partial charge is 0.404 e. The van der Waals surface area contributed by atoms with Gasteiger partial charge in [0, 0.05) is 0 Å². The van der Waals surface area contributed by atoms with Gasteiger partial charge in [-0.2, -0.15) is 9.78 Å². The monoisotopic (exact) mass is 421 g/mol. The first-order valence-corrected chi connectivity index (χ1v) is 8.07. The van der Waals surface area contributed by atoms with Gasteiger partial charge in [0.05, 0.1) is 17.5 Å². The number of hydrogen-bond acceptors (Lipinski definition) is 7. The van der Waals surface area contributed by atoms with Gasteiger partial charge in [-0.05, 0) is 52.0 Å². The lowest BCUT2D eigenvalue weighted by atomic mass is 10.4. The van der Waals surface area contributed by atoms with Gasteiger partial charge in [0.2, 0.25) is 0 Å². The molecule has 1 N–H and O–H groups in total. The third kappa shape index (κ3) is 4.06. The second-order valence-electron chi connectivity index (χ2n) is 5.17. The maximum atomic E-state index is 12.0. The number of hydrogen-bond donors (Lipinski definition) is 1. The van der Waals surface area contributed by atoms with E-state index in [1.54, 1.807) is 25.1 Å². The molecule has 10 nitrogen and oxygen atoms in total. The van der Waals surface area contributed by atoms with Crippen LogP contribution in [0.15, 0.2) is 48.9 Å². The first kappa shape index (κ1) is 17.6. The van der Waals surface area contributed by atoms with Gasteiger partial charge in [-0.1, -0.05) is 0 Å². The van der Waals surface area contributed by atoms with Crippen molar-refractivity contribution in [3.05, 3.63) is 68.1 Å². The van der Waals surface area contributed by atoms with Gasteiger partial charge in [-0.3, -0.25) is 4.79 Å². The number of aromatic nitrogens is 2. The molecule has 0 aliphatic rings. The fourth-order valence-corrected chi connectivity index (χ4v) is 2.53. The van der Waals surface area contributed by atoms with Gasteiger partial charge >= 0.3 is 11.7 Å². The highest BCUT2D eigenvalue weighted by atomic mass is 79.9. The van der Waals surface area contributed by atoms with E-state index in [1.807, 2.05) is 0 Å². The molecule has 0 aliphatic heterocycles. The summed E-state index contributed by atoms with van der Waals surface area (Å²) in [4.78, 5) is 22.2. The predicted octanol–water partition coefficient (Wildman–Crippen LogP) is 2.86. The van der Waals surface area contributed by atoms with E-state index in [0.29, 0.717) is 11.5 Å². The van der Waals surface area contributed by atoms with Gasteiger partial charge in [0.25, 0.3) is 0 Å². The molecule has 3 aromatic rings. The molecule has 0 bridgehead atoms. The van der Waals surface area contributed by atoms with E-state index < -0.39 is 10.8 Å². The van der Waals surface area contributed by atoms with Crippen LogP contribution in [0.1, 0.15) is 27.8 Å². The number of carbonyl (C=O) groups is 1. The summed E-state index contributed by atoms with van der Waals surface area (Å²) in [6.45, 7) is 1.93. The fraction of sp³-hybridized carbons (Fsp3) is 0.133. The molecule has 11 heteroatoms. The highest BCUT2D eigenvalue weighted by molar-refractivity contribution is 9.10. The van der Waals surface area contributed by atoms with Crippen LogP contribution < -0.4 is 5.43 Å². The SMILES string of the molecule is Cc1ccc(C=NNC(=O)c2ccc(Cn3cc(Br)c([N+](=O)[O-])n3)o2)o1. The molecule has 0 saturated heterocycles. The molecular weight excluding hydrogens is 410 g/mol. The first-order valence-electron chi connectivity index (χ1n) is 7.28. The second kappa shape index (κ2) is 7.35. The average molecular weight is 422 g/mol. The van der Waals surface area contributed by atoms with Gasteiger partial charge in [0.1, 0.15) is 28.3 Å². The van der Waals surface area contributed by atoms with E-state index in [4.69, 9.17) is 8.83 Å². The lowest BCUT2D eigenvalue weighted by Crippen LogP contribution is -2.16. The van der Waals surface area contributed by atoms with Crippen molar-refractivity contribution in [2.45, 2.75) is 13.5 Å². The van der Waals surface area contributed by atoms with Crippen LogP contribution >= 0.6 is 15.9 Å². The van der Waals surface area contributed by atoms with Gasteiger partial charge < -0.3 is 18.9 Å². The normalized spacial score (nSPS) is 11.2. The van der Waals surface area contributed by atoms with E-state index in [9.17, 15) is 14.9 Å². The Morgan fingerprint density at radius 1 is 1.42 bits per heavy atom. The van der Waals surface area contributed by atoms with E-state index in [1.165, 1.54) is 23.2 Å². The highest BCUT2D eigenvalue weighted by Gasteiger charge is 2.19. The summed E-state index contributed by atoms with van der Waals surface area (Å²) in [5, 5.41) is 18.4. The molecule has 1 amide bonds. The molecule has 0 saturated carbocycles. The topological polar surface area (TPSA) is 129 Å². The van der Waals surface area contributed by atoms with Crippen molar-refractivity contribution in [2.75, 3.05) is 0 Å². The van der Waals surface area contributed by atoms with Crippen LogP contribution in [0, 0.1) is 17.0 Å². The molecule has 26 heavy (non-hydrogen) atoms. The van der Waals surface area contributed by atoms with Crippen LogP contribution in [0.2, 0.25) is 0 Å². The maximum Gasteiger partial charge on any atom is 0.404 e. The average Bonchev–Trinajstić information content (AvgIpc) is 3.28. The quantitative estimate of drug-likeness (QED) is 0.370. The van der Waals surface area contributed by atoms with Crippen molar-refractivity contribution in [3.63, 3.8) is 0 Å². The molecule has 0 aromatic carbocycles. The number of hydrazone groups is 1. The van der Waals surface area contributed by atoms with Crippen molar-refractivity contribution in [1.29, 1.82) is 0 Å². The Labute approximate surface area is 154 Å². The van der Waals surface area contributed by atoms with Crippen LogP contribution in [0.5, 0.6) is 0 Å². The van der Waals surface area contributed by atoms with Gasteiger partial charge in [-0.15, -0.1) is 0 Å². The Bertz CT molecular complexity index is 986. The predicted molar refractivity (Wildman–Crippen MR) is 92.9 cm³/mol. The zero-order chi connectivity index (χ0) is 18.7. The van der Waals surface area contributed by atoms with Crippen LogP contribution in [0.25, 0.3) is 0 Å². The summed E-state index contributed by atoms with van der Waals surface area (Å²) >= 11 is 3.07. The molecule has 3 rings (SSSR count). The molecule has 134 valence electrons. The van der Waals surface area contributed by atoms with Gasteiger partial charge in [0.15, 0.2) is 5.76 Å². The van der Waals surface area contributed by atoms with E-state index in [0.717, 1.165) is 5.76 Å². The number of amides is 1. The molecular formula is C15H12BrN5O5. The number of furan rings is 2. The first-order chi connectivity index (χ1) is 12.4. The van der Waals surface area contributed by atoms with E-state index in [-0.39, 0.29) is 22.6 Å². The Hall–Kier alpha value is -3.21. The molecule has 0 unspecified atom stereocenters. The fourth-order valence-electron chi connectivity index (χ4n) is 2.07. The maximum absolute atomic E-state index is 12.0. The number of nitrogens with one attached hydrogen (secondary N) is 1. The van der Waals surface area contributed by atoms with Crippen molar-refractivity contribution in [3.8, 4) is 0 Å². The third-order valence-corrected chi connectivity index (χ3v) is 3.75. The zero-order valence-electron chi connectivity index (χ0n) is 13.4. The minimum atomic E-state index is -0.597. The standard InChI is InChI=1S/C15H12BrN5O5/c1-9-2-3-10(25-9)6-17-18-15(22)13-5-4-11(26-13)7-20-8-12(16)14(19-20)21(23)24/h2-6,8H,7H2,1H3,(H,18,22). The van der Waals surface area contributed by atoms with Crippen LogP contribution in [0.3, 0.4) is 0 Å². The molecule has 3 heterocycles. The van der Waals surface area contributed by atoms with Gasteiger partial charge in [-0.25, -0.2) is 5.43 Å². The summed E-state index contributed by atoms with van der Waals surface area (Å²) in [7, 11) is 0. The summed E-state index contributed by atoms with van der Waals surface area (Å²) in [5.41, 5.74) is 2.32. The van der Waals surface area contributed by atoms with E-state index in [2.05, 4.69) is 31.6 Å². The largest absolute Gasteiger partial charge is 0.460 e. The Morgan fingerprint density at radius 3 is 2.88 bits per heavy atom. The third-order valence-electron chi connectivity index (χ3n) is 3.19. The number of aryl methyl sites for hydroxylation is 1. The molecule has 0 aliphatic carbocycles. The van der Waals surface area contributed by atoms with Crippen LogP contribution in [0.4, 0.5) is 5.82 Å². The number of halogens is 1. The van der Waals surface area contributed by atoms with Crippen molar-refractivity contribution >= 4 is 33.9 Å². The molecule has 0 radical (unpaired) electrons. The minimum Gasteiger partial charge on any atom is -0.460 e. The second-order valence-corrected chi connectivity index (χ2v) is 6.02. The number of nitro groups is 1. The van der Waals surface area contributed by atoms with Crippen LogP contribution in [-0.4, -0.2) is 26.8 Å².